The molecule has 2 N–H and O–H groups in total. The van der Waals surface area contributed by atoms with Crippen LogP contribution in [0.25, 0.3) is 0 Å². The molecule has 1 aliphatic heterocycles. The third kappa shape index (κ3) is 3.23. The molecule has 2 rings (SSSR count). The van der Waals surface area contributed by atoms with Crippen molar-refractivity contribution in [1.82, 2.24) is 15.1 Å². The van der Waals surface area contributed by atoms with Crippen LogP contribution in [-0.2, 0) is 4.79 Å². The molecule has 6 nitrogen and oxygen atoms in total. The molecule has 20 heavy (non-hydrogen) atoms. The highest BCUT2D eigenvalue weighted by Crippen LogP contribution is 2.40. The minimum Gasteiger partial charge on any atom is -0.481 e. The molecule has 1 unspecified atom stereocenters. The summed E-state index contributed by atoms with van der Waals surface area (Å²) in [6, 6.07) is -0.160. The molecule has 1 saturated carbocycles. The van der Waals surface area contributed by atoms with Crippen LogP contribution >= 0.6 is 0 Å². The van der Waals surface area contributed by atoms with Crippen molar-refractivity contribution in [2.75, 3.05) is 40.3 Å². The second kappa shape index (κ2) is 5.99. The van der Waals surface area contributed by atoms with E-state index in [1.807, 2.05) is 0 Å². The van der Waals surface area contributed by atoms with E-state index in [9.17, 15) is 14.7 Å². The lowest BCUT2D eigenvalue weighted by Gasteiger charge is -2.38. The van der Waals surface area contributed by atoms with Crippen molar-refractivity contribution in [3.8, 4) is 0 Å². The Morgan fingerprint density at radius 3 is 2.60 bits per heavy atom. The lowest BCUT2D eigenvalue weighted by atomic mass is 9.69. The van der Waals surface area contributed by atoms with Gasteiger partial charge in [-0.15, -0.1) is 0 Å². The summed E-state index contributed by atoms with van der Waals surface area (Å²) >= 11 is 0. The summed E-state index contributed by atoms with van der Waals surface area (Å²) in [5.41, 5.74) is -0.718. The van der Waals surface area contributed by atoms with Gasteiger partial charge in [0.15, 0.2) is 0 Å². The first-order valence-electron chi connectivity index (χ1n) is 7.34. The van der Waals surface area contributed by atoms with E-state index in [0.29, 0.717) is 18.8 Å². The molecular formula is C14H25N3O3. The van der Waals surface area contributed by atoms with Crippen LogP contribution in [0.5, 0.6) is 0 Å². The number of likely N-dealkylation sites (tertiary alicyclic amines) is 1. The molecule has 0 bridgehead atoms. The van der Waals surface area contributed by atoms with Crippen LogP contribution in [0, 0.1) is 11.3 Å². The van der Waals surface area contributed by atoms with E-state index in [0.717, 1.165) is 32.5 Å². The number of hydrogen-bond acceptors (Lipinski definition) is 3. The Balaban J connectivity index is 1.75. The van der Waals surface area contributed by atoms with Gasteiger partial charge in [-0.05, 0) is 38.8 Å². The van der Waals surface area contributed by atoms with Crippen molar-refractivity contribution in [1.29, 1.82) is 0 Å². The maximum absolute atomic E-state index is 12.0. The fourth-order valence-corrected chi connectivity index (χ4v) is 3.10. The van der Waals surface area contributed by atoms with Crippen LogP contribution in [0.4, 0.5) is 4.79 Å². The normalized spacial score (nSPS) is 25.0. The lowest BCUT2D eigenvalue weighted by molar-refractivity contribution is -0.153. The highest BCUT2D eigenvalue weighted by Gasteiger charge is 2.44. The molecule has 114 valence electrons. The SMILES string of the molecule is CN1CCC(CN(C)C(=O)NCC2(C(=O)O)CCC2)C1. The fraction of sp³-hybridized carbons (Fsp3) is 0.857. The number of nitrogens with one attached hydrogen (secondary N) is 1. The molecule has 0 aromatic rings. The number of amides is 2. The number of carbonyl (C=O) groups is 2. The van der Waals surface area contributed by atoms with Gasteiger partial charge in [0.05, 0.1) is 5.41 Å². The summed E-state index contributed by atoms with van der Waals surface area (Å²) < 4.78 is 0. The molecule has 6 heteroatoms. The topological polar surface area (TPSA) is 72.9 Å². The van der Waals surface area contributed by atoms with Crippen molar-refractivity contribution in [3.63, 3.8) is 0 Å². The Morgan fingerprint density at radius 1 is 1.45 bits per heavy atom. The van der Waals surface area contributed by atoms with Crippen molar-refractivity contribution in [3.05, 3.63) is 0 Å². The highest BCUT2D eigenvalue weighted by atomic mass is 16.4. The van der Waals surface area contributed by atoms with Gasteiger partial charge in [0.1, 0.15) is 0 Å². The van der Waals surface area contributed by atoms with E-state index < -0.39 is 11.4 Å². The van der Waals surface area contributed by atoms with E-state index in [-0.39, 0.29) is 12.6 Å². The molecular weight excluding hydrogens is 258 g/mol. The van der Waals surface area contributed by atoms with Crippen molar-refractivity contribution in [2.24, 2.45) is 11.3 Å². The highest BCUT2D eigenvalue weighted by molar-refractivity contribution is 5.78. The summed E-state index contributed by atoms with van der Waals surface area (Å²) in [4.78, 5) is 27.2. The number of carboxylic acid groups (broad SMARTS) is 1. The molecule has 2 fully saturated rings. The first-order valence-corrected chi connectivity index (χ1v) is 7.34. The summed E-state index contributed by atoms with van der Waals surface area (Å²) in [6.45, 7) is 3.09. The predicted octanol–water partition coefficient (Wildman–Crippen LogP) is 0.834. The average molecular weight is 283 g/mol. The van der Waals surface area contributed by atoms with Gasteiger partial charge in [-0.3, -0.25) is 4.79 Å². The van der Waals surface area contributed by atoms with Gasteiger partial charge >= 0.3 is 12.0 Å². The van der Waals surface area contributed by atoms with Gasteiger partial charge in [-0.1, -0.05) is 6.42 Å². The number of rotatable bonds is 5. The van der Waals surface area contributed by atoms with E-state index in [4.69, 9.17) is 0 Å². The second-order valence-corrected chi connectivity index (χ2v) is 6.40. The maximum Gasteiger partial charge on any atom is 0.317 e. The molecule has 0 aromatic heterocycles. The first-order chi connectivity index (χ1) is 9.43. The molecule has 1 atom stereocenters. The molecule has 0 aromatic carbocycles. The zero-order valence-corrected chi connectivity index (χ0v) is 12.4. The molecule has 1 aliphatic carbocycles. The number of carboxylic acids is 1. The zero-order valence-electron chi connectivity index (χ0n) is 12.4. The van der Waals surface area contributed by atoms with Crippen LogP contribution in [0.3, 0.4) is 0 Å². The fourth-order valence-electron chi connectivity index (χ4n) is 3.10. The number of carbonyl (C=O) groups excluding carboxylic acids is 1. The van der Waals surface area contributed by atoms with E-state index >= 15 is 0 Å². The number of hydrogen-bond donors (Lipinski definition) is 2. The van der Waals surface area contributed by atoms with Gasteiger partial charge in [0.2, 0.25) is 0 Å². The monoisotopic (exact) mass is 283 g/mol. The average Bonchev–Trinajstić information content (AvgIpc) is 2.72. The Morgan fingerprint density at radius 2 is 2.15 bits per heavy atom. The third-order valence-electron chi connectivity index (χ3n) is 4.71. The summed E-state index contributed by atoms with van der Waals surface area (Å²) in [5, 5.41) is 12.0. The smallest absolute Gasteiger partial charge is 0.317 e. The summed E-state index contributed by atoms with van der Waals surface area (Å²) in [5.74, 6) is -0.267. The Hall–Kier alpha value is -1.30. The van der Waals surface area contributed by atoms with Gasteiger partial charge in [0, 0.05) is 26.7 Å². The van der Waals surface area contributed by atoms with Gasteiger partial charge < -0.3 is 20.2 Å². The third-order valence-corrected chi connectivity index (χ3v) is 4.71. The Bertz CT molecular complexity index is 382. The largest absolute Gasteiger partial charge is 0.481 e. The molecule has 2 aliphatic rings. The minimum atomic E-state index is -0.788. The number of nitrogens with zero attached hydrogens (tertiary/aromatic N) is 2. The Labute approximate surface area is 120 Å². The lowest BCUT2D eigenvalue weighted by Crippen LogP contribution is -2.50. The van der Waals surface area contributed by atoms with Gasteiger partial charge in [-0.25, -0.2) is 4.79 Å². The first kappa shape index (κ1) is 15.1. The van der Waals surface area contributed by atoms with Crippen LogP contribution < -0.4 is 5.32 Å². The van der Waals surface area contributed by atoms with Crippen LogP contribution in [0.2, 0.25) is 0 Å². The van der Waals surface area contributed by atoms with Crippen LogP contribution in [-0.4, -0.2) is 67.2 Å². The second-order valence-electron chi connectivity index (χ2n) is 6.40. The molecule has 0 radical (unpaired) electrons. The van der Waals surface area contributed by atoms with E-state index in [1.54, 1.807) is 11.9 Å². The predicted molar refractivity (Wildman–Crippen MR) is 75.6 cm³/mol. The minimum absolute atomic E-state index is 0.160. The standard InChI is InChI=1S/C14H25N3O3/c1-16-7-4-11(8-16)9-17(2)13(20)15-10-14(12(18)19)5-3-6-14/h11H,3-10H2,1-2H3,(H,15,20)(H,18,19). The van der Waals surface area contributed by atoms with Crippen molar-refractivity contribution in [2.45, 2.75) is 25.7 Å². The quantitative estimate of drug-likeness (QED) is 0.784. The van der Waals surface area contributed by atoms with Crippen molar-refractivity contribution < 1.29 is 14.7 Å². The molecule has 0 spiro atoms. The maximum atomic E-state index is 12.0. The summed E-state index contributed by atoms with van der Waals surface area (Å²) in [7, 11) is 3.87. The Kier molecular flexibility index (Phi) is 4.52. The molecule has 1 saturated heterocycles. The molecule has 2 amide bonds. The van der Waals surface area contributed by atoms with Gasteiger partial charge in [-0.2, -0.15) is 0 Å². The van der Waals surface area contributed by atoms with E-state index in [1.165, 1.54) is 0 Å². The van der Waals surface area contributed by atoms with Crippen molar-refractivity contribution >= 4 is 12.0 Å². The van der Waals surface area contributed by atoms with Gasteiger partial charge in [0.25, 0.3) is 0 Å². The van der Waals surface area contributed by atoms with E-state index in [2.05, 4.69) is 17.3 Å². The number of urea groups is 1. The number of aliphatic carboxylic acids is 1. The van der Waals surface area contributed by atoms with Crippen LogP contribution in [0.15, 0.2) is 0 Å². The zero-order chi connectivity index (χ0) is 14.8. The van der Waals surface area contributed by atoms with Crippen LogP contribution in [0.1, 0.15) is 25.7 Å². The molecule has 1 heterocycles. The summed E-state index contributed by atoms with van der Waals surface area (Å²) in [6.07, 6.45) is 3.39.